The van der Waals surface area contributed by atoms with Crippen molar-refractivity contribution >= 4 is 33.3 Å². The van der Waals surface area contributed by atoms with Crippen LogP contribution in [-0.4, -0.2) is 44.6 Å². The fraction of sp³-hybridized carbons (Fsp3) is 0.200. The van der Waals surface area contributed by atoms with Gasteiger partial charge in [-0.05, 0) is 42.0 Å². The Morgan fingerprint density at radius 3 is 2.82 bits per heavy atom. The third-order valence-corrected chi connectivity index (χ3v) is 5.89. The standard InChI is InChI=1S/C25H21FN6O2/c1-32-10-17(9-30-32)16-7-21-23(22(8-16)34-13-15-11-33-12-15)25(29-14-28-21)31-20-5-4-19-18(24(20)26)3-2-6-27-19/h2-10,14-15H,11-13H2,1H3,(H,28,29,31). The van der Waals surface area contributed by atoms with Gasteiger partial charge in [0.2, 0.25) is 0 Å². The summed E-state index contributed by atoms with van der Waals surface area (Å²) in [4.78, 5) is 13.1. The van der Waals surface area contributed by atoms with Gasteiger partial charge < -0.3 is 14.8 Å². The van der Waals surface area contributed by atoms with Gasteiger partial charge in [0.15, 0.2) is 5.82 Å². The van der Waals surface area contributed by atoms with E-state index in [1.807, 2.05) is 25.4 Å². The Balaban J connectivity index is 1.46. The first-order chi connectivity index (χ1) is 16.7. The zero-order chi connectivity index (χ0) is 23.1. The second-order valence-corrected chi connectivity index (χ2v) is 8.33. The Bertz CT molecular complexity index is 1510. The summed E-state index contributed by atoms with van der Waals surface area (Å²) in [6, 6.07) is 10.8. The first-order valence-electron chi connectivity index (χ1n) is 10.9. The van der Waals surface area contributed by atoms with Gasteiger partial charge >= 0.3 is 0 Å². The van der Waals surface area contributed by atoms with Crippen LogP contribution in [0.15, 0.2) is 61.3 Å². The Morgan fingerprint density at radius 1 is 1.12 bits per heavy atom. The third kappa shape index (κ3) is 3.69. The van der Waals surface area contributed by atoms with Crippen LogP contribution in [0.3, 0.4) is 0 Å². The van der Waals surface area contributed by atoms with Gasteiger partial charge in [0.25, 0.3) is 0 Å². The van der Waals surface area contributed by atoms with Crippen LogP contribution in [0, 0.1) is 11.7 Å². The third-order valence-electron chi connectivity index (χ3n) is 5.89. The normalized spacial score (nSPS) is 13.8. The number of benzene rings is 2. The lowest BCUT2D eigenvalue weighted by atomic mass is 10.1. The van der Waals surface area contributed by atoms with Gasteiger partial charge in [-0.1, -0.05) is 0 Å². The van der Waals surface area contributed by atoms with Crippen molar-refractivity contribution in [2.45, 2.75) is 0 Å². The van der Waals surface area contributed by atoms with Crippen LogP contribution >= 0.6 is 0 Å². The molecule has 3 aromatic heterocycles. The lowest BCUT2D eigenvalue weighted by Crippen LogP contribution is -2.32. The largest absolute Gasteiger partial charge is 0.492 e. The lowest BCUT2D eigenvalue weighted by Gasteiger charge is -2.26. The predicted octanol–water partition coefficient (Wildman–Crippen LogP) is 4.49. The topological polar surface area (TPSA) is 87.0 Å². The average molecular weight is 456 g/mol. The van der Waals surface area contributed by atoms with E-state index in [0.29, 0.717) is 64.8 Å². The molecule has 4 heterocycles. The van der Waals surface area contributed by atoms with Gasteiger partial charge in [-0.15, -0.1) is 0 Å². The molecule has 0 amide bonds. The van der Waals surface area contributed by atoms with Crippen LogP contribution in [0.25, 0.3) is 32.9 Å². The van der Waals surface area contributed by atoms with Gasteiger partial charge in [-0.25, -0.2) is 14.4 Å². The van der Waals surface area contributed by atoms with E-state index in [0.717, 1.165) is 11.1 Å². The molecule has 0 bridgehead atoms. The van der Waals surface area contributed by atoms with Crippen molar-refractivity contribution in [1.29, 1.82) is 0 Å². The zero-order valence-electron chi connectivity index (χ0n) is 18.4. The summed E-state index contributed by atoms with van der Waals surface area (Å²) in [5.74, 6) is 1.03. The second kappa shape index (κ2) is 8.35. The summed E-state index contributed by atoms with van der Waals surface area (Å²) < 4.78 is 28.5. The predicted molar refractivity (Wildman–Crippen MR) is 127 cm³/mol. The highest BCUT2D eigenvalue weighted by Gasteiger charge is 2.21. The van der Waals surface area contributed by atoms with E-state index < -0.39 is 5.82 Å². The number of aromatic nitrogens is 5. The van der Waals surface area contributed by atoms with Crippen LogP contribution in [0.5, 0.6) is 5.75 Å². The van der Waals surface area contributed by atoms with E-state index in [-0.39, 0.29) is 0 Å². The molecule has 0 aliphatic carbocycles. The quantitative estimate of drug-likeness (QED) is 0.403. The number of halogens is 1. The molecule has 0 unspecified atom stereocenters. The smallest absolute Gasteiger partial charge is 0.156 e. The van der Waals surface area contributed by atoms with Crippen molar-refractivity contribution in [3.05, 3.63) is 67.1 Å². The van der Waals surface area contributed by atoms with E-state index in [4.69, 9.17) is 9.47 Å². The van der Waals surface area contributed by atoms with E-state index >= 15 is 4.39 Å². The summed E-state index contributed by atoms with van der Waals surface area (Å²) in [5, 5.41) is 8.54. The number of hydrogen-bond donors (Lipinski definition) is 1. The molecule has 1 aliphatic rings. The molecule has 2 aromatic carbocycles. The number of anilines is 2. The molecule has 0 spiro atoms. The molecule has 34 heavy (non-hydrogen) atoms. The van der Waals surface area contributed by atoms with Gasteiger partial charge in [-0.3, -0.25) is 9.67 Å². The molecule has 1 N–H and O–H groups in total. The minimum Gasteiger partial charge on any atom is -0.492 e. The maximum Gasteiger partial charge on any atom is 0.156 e. The van der Waals surface area contributed by atoms with Crippen LogP contribution in [-0.2, 0) is 11.8 Å². The van der Waals surface area contributed by atoms with E-state index in [9.17, 15) is 0 Å². The van der Waals surface area contributed by atoms with Crippen LogP contribution < -0.4 is 10.1 Å². The Labute approximate surface area is 194 Å². The van der Waals surface area contributed by atoms with Crippen molar-refractivity contribution in [3.63, 3.8) is 0 Å². The minimum atomic E-state index is -0.390. The molecule has 0 atom stereocenters. The van der Waals surface area contributed by atoms with Gasteiger partial charge in [0.1, 0.15) is 17.9 Å². The Hall–Kier alpha value is -4.11. The molecule has 9 heteroatoms. The van der Waals surface area contributed by atoms with Crippen molar-refractivity contribution < 1.29 is 13.9 Å². The molecule has 8 nitrogen and oxygen atoms in total. The van der Waals surface area contributed by atoms with Crippen LogP contribution in [0.4, 0.5) is 15.9 Å². The SMILES string of the molecule is Cn1cc(-c2cc(OCC3COC3)c3c(Nc4ccc5ncccc5c4F)ncnc3c2)cn1. The number of ether oxygens (including phenoxy) is 2. The highest BCUT2D eigenvalue weighted by Crippen LogP contribution is 2.37. The molecule has 0 radical (unpaired) electrons. The Morgan fingerprint density at radius 2 is 2.03 bits per heavy atom. The second-order valence-electron chi connectivity index (χ2n) is 8.33. The first-order valence-corrected chi connectivity index (χ1v) is 10.9. The average Bonchev–Trinajstić information content (AvgIpc) is 3.26. The summed E-state index contributed by atoms with van der Waals surface area (Å²) in [6.07, 6.45) is 6.83. The number of pyridine rings is 1. The lowest BCUT2D eigenvalue weighted by molar-refractivity contribution is -0.0506. The Kier molecular flexibility index (Phi) is 5.03. The molecule has 170 valence electrons. The number of aryl methyl sites for hydroxylation is 1. The van der Waals surface area contributed by atoms with Gasteiger partial charge in [0.05, 0.1) is 48.1 Å². The highest BCUT2D eigenvalue weighted by atomic mass is 19.1. The molecule has 6 rings (SSSR count). The summed E-state index contributed by atoms with van der Waals surface area (Å²) >= 11 is 0. The molecule has 0 saturated carbocycles. The van der Waals surface area contributed by atoms with E-state index in [2.05, 4.69) is 25.4 Å². The maximum atomic E-state index is 15.3. The fourth-order valence-electron chi connectivity index (χ4n) is 4.03. The molecule has 1 fully saturated rings. The maximum absolute atomic E-state index is 15.3. The van der Waals surface area contributed by atoms with E-state index in [1.165, 1.54) is 6.33 Å². The zero-order valence-corrected chi connectivity index (χ0v) is 18.4. The van der Waals surface area contributed by atoms with Gasteiger partial charge in [0, 0.05) is 36.3 Å². The van der Waals surface area contributed by atoms with E-state index in [1.54, 1.807) is 41.3 Å². The summed E-state index contributed by atoms with van der Waals surface area (Å²) in [7, 11) is 1.87. The molecular weight excluding hydrogens is 435 g/mol. The number of nitrogens with zero attached hydrogens (tertiary/aromatic N) is 5. The monoisotopic (exact) mass is 456 g/mol. The number of fused-ring (bicyclic) bond motifs is 2. The van der Waals surface area contributed by atoms with Crippen LogP contribution in [0.2, 0.25) is 0 Å². The molecule has 5 aromatic rings. The first kappa shape index (κ1) is 20.5. The van der Waals surface area contributed by atoms with Crippen molar-refractivity contribution in [2.75, 3.05) is 25.1 Å². The number of nitrogens with one attached hydrogen (secondary N) is 1. The summed E-state index contributed by atoms with van der Waals surface area (Å²) in [5.41, 5.74) is 3.44. The minimum absolute atomic E-state index is 0.301. The van der Waals surface area contributed by atoms with Crippen molar-refractivity contribution in [2.24, 2.45) is 13.0 Å². The molecule has 1 saturated heterocycles. The number of hydrogen-bond acceptors (Lipinski definition) is 7. The van der Waals surface area contributed by atoms with Gasteiger partial charge in [-0.2, -0.15) is 5.10 Å². The van der Waals surface area contributed by atoms with Crippen molar-refractivity contribution in [3.8, 4) is 16.9 Å². The molecule has 1 aliphatic heterocycles. The van der Waals surface area contributed by atoms with Crippen molar-refractivity contribution in [1.82, 2.24) is 24.7 Å². The fourth-order valence-corrected chi connectivity index (χ4v) is 4.03. The van der Waals surface area contributed by atoms with Crippen LogP contribution in [0.1, 0.15) is 0 Å². The summed E-state index contributed by atoms with van der Waals surface area (Å²) in [6.45, 7) is 1.87. The number of rotatable bonds is 6. The molecular formula is C25H21FN6O2. The highest BCUT2D eigenvalue weighted by molar-refractivity contribution is 5.99.